The molecule has 1 aromatic carbocycles. The van der Waals surface area contributed by atoms with Crippen molar-refractivity contribution in [3.8, 4) is 0 Å². The Bertz CT molecular complexity index is 582. The minimum absolute atomic E-state index is 0.000142. The molecule has 20 heavy (non-hydrogen) atoms. The van der Waals surface area contributed by atoms with E-state index in [4.69, 9.17) is 0 Å². The van der Waals surface area contributed by atoms with E-state index in [1.807, 2.05) is 43.3 Å². The molecule has 0 aliphatic carbocycles. The van der Waals surface area contributed by atoms with Crippen LogP contribution in [0.25, 0.3) is 0 Å². The molecule has 0 radical (unpaired) electrons. The van der Waals surface area contributed by atoms with Crippen LogP contribution in [-0.2, 0) is 6.54 Å². The van der Waals surface area contributed by atoms with E-state index < -0.39 is 0 Å². The third-order valence-electron chi connectivity index (χ3n) is 2.86. The molecule has 0 spiro atoms. The molecule has 0 aliphatic heterocycles. The Labute approximate surface area is 135 Å². The second-order valence-electron chi connectivity index (χ2n) is 4.30. The molecule has 0 saturated carbocycles. The molecule has 0 unspecified atom stereocenters. The van der Waals surface area contributed by atoms with E-state index in [0.717, 1.165) is 14.6 Å². The van der Waals surface area contributed by atoms with Crippen molar-refractivity contribution in [2.45, 2.75) is 13.5 Å². The lowest BCUT2D eigenvalue weighted by Crippen LogP contribution is -2.30. The fourth-order valence-electron chi connectivity index (χ4n) is 1.87. The molecular formula is C15H14Br2N2O. The number of benzene rings is 1. The molecule has 0 bridgehead atoms. The number of carbonyl (C=O) groups is 1. The standard InChI is InChI=1S/C15H14Br2N2O/c1-2-19(10-14-5-3-4-6-18-14)15(20)11-7-12(16)9-13(17)8-11/h3-9H,2,10H2,1H3. The van der Waals surface area contributed by atoms with Gasteiger partial charge in [0.05, 0.1) is 12.2 Å². The van der Waals surface area contributed by atoms with Crippen LogP contribution in [0.4, 0.5) is 0 Å². The first kappa shape index (κ1) is 15.2. The second kappa shape index (κ2) is 6.99. The number of aromatic nitrogens is 1. The van der Waals surface area contributed by atoms with E-state index in [1.165, 1.54) is 0 Å². The van der Waals surface area contributed by atoms with Gasteiger partial charge in [-0.2, -0.15) is 0 Å². The molecule has 0 aliphatic rings. The smallest absolute Gasteiger partial charge is 0.254 e. The molecule has 1 aromatic heterocycles. The van der Waals surface area contributed by atoms with Gasteiger partial charge in [0, 0.05) is 27.3 Å². The summed E-state index contributed by atoms with van der Waals surface area (Å²) in [5.41, 5.74) is 1.54. The topological polar surface area (TPSA) is 33.2 Å². The lowest BCUT2D eigenvalue weighted by Gasteiger charge is -2.20. The van der Waals surface area contributed by atoms with E-state index in [0.29, 0.717) is 18.7 Å². The summed E-state index contributed by atoms with van der Waals surface area (Å²) in [6, 6.07) is 11.3. The van der Waals surface area contributed by atoms with Crippen molar-refractivity contribution in [1.29, 1.82) is 0 Å². The largest absolute Gasteiger partial charge is 0.333 e. The van der Waals surface area contributed by atoms with Crippen LogP contribution in [-0.4, -0.2) is 22.3 Å². The first-order chi connectivity index (χ1) is 9.60. The highest BCUT2D eigenvalue weighted by atomic mass is 79.9. The maximum atomic E-state index is 12.5. The van der Waals surface area contributed by atoms with Gasteiger partial charge < -0.3 is 4.90 Å². The van der Waals surface area contributed by atoms with Crippen LogP contribution in [0.1, 0.15) is 23.0 Å². The monoisotopic (exact) mass is 396 g/mol. The SMILES string of the molecule is CCN(Cc1ccccn1)C(=O)c1cc(Br)cc(Br)c1. The first-order valence-electron chi connectivity index (χ1n) is 6.25. The predicted molar refractivity (Wildman–Crippen MR) is 86.5 cm³/mol. The number of pyridine rings is 1. The van der Waals surface area contributed by atoms with Gasteiger partial charge >= 0.3 is 0 Å². The van der Waals surface area contributed by atoms with Crippen molar-refractivity contribution in [2.24, 2.45) is 0 Å². The number of hydrogen-bond donors (Lipinski definition) is 0. The van der Waals surface area contributed by atoms with E-state index in [-0.39, 0.29) is 5.91 Å². The summed E-state index contributed by atoms with van der Waals surface area (Å²) in [6.07, 6.45) is 1.74. The maximum Gasteiger partial charge on any atom is 0.254 e. The maximum absolute atomic E-state index is 12.5. The molecule has 1 amide bonds. The molecule has 104 valence electrons. The van der Waals surface area contributed by atoms with Gasteiger partial charge in [0.15, 0.2) is 0 Å². The third kappa shape index (κ3) is 3.90. The summed E-state index contributed by atoms with van der Waals surface area (Å²) in [5.74, 6) is 0.000142. The van der Waals surface area contributed by atoms with Gasteiger partial charge in [0.1, 0.15) is 0 Å². The lowest BCUT2D eigenvalue weighted by atomic mass is 10.2. The molecular weight excluding hydrogens is 384 g/mol. The molecule has 3 nitrogen and oxygen atoms in total. The Kier molecular flexibility index (Phi) is 5.31. The van der Waals surface area contributed by atoms with Crippen LogP contribution in [0, 0.1) is 0 Å². The van der Waals surface area contributed by atoms with E-state index in [2.05, 4.69) is 36.8 Å². The Balaban J connectivity index is 2.20. The molecule has 2 rings (SSSR count). The van der Waals surface area contributed by atoms with Crippen LogP contribution >= 0.6 is 31.9 Å². The summed E-state index contributed by atoms with van der Waals surface area (Å²) in [6.45, 7) is 3.12. The second-order valence-corrected chi connectivity index (χ2v) is 6.13. The number of amides is 1. The van der Waals surface area contributed by atoms with Gasteiger partial charge in [-0.25, -0.2) is 0 Å². The van der Waals surface area contributed by atoms with Gasteiger partial charge in [-0.05, 0) is 37.3 Å². The van der Waals surface area contributed by atoms with Gasteiger partial charge in [-0.1, -0.05) is 37.9 Å². The number of hydrogen-bond acceptors (Lipinski definition) is 2. The van der Waals surface area contributed by atoms with Gasteiger partial charge in [-0.15, -0.1) is 0 Å². The van der Waals surface area contributed by atoms with Gasteiger partial charge in [-0.3, -0.25) is 9.78 Å². The minimum atomic E-state index is 0.000142. The van der Waals surface area contributed by atoms with Crippen molar-refractivity contribution in [1.82, 2.24) is 9.88 Å². The van der Waals surface area contributed by atoms with Crippen LogP contribution < -0.4 is 0 Å². The summed E-state index contributed by atoms with van der Waals surface area (Å²) in [7, 11) is 0. The average Bonchev–Trinajstić information content (AvgIpc) is 2.44. The molecule has 0 saturated heterocycles. The Hall–Kier alpha value is -1.20. The van der Waals surface area contributed by atoms with Crippen LogP contribution in [0.3, 0.4) is 0 Å². The molecule has 0 fully saturated rings. The highest BCUT2D eigenvalue weighted by Gasteiger charge is 2.16. The van der Waals surface area contributed by atoms with E-state index in [1.54, 1.807) is 11.1 Å². The van der Waals surface area contributed by atoms with Gasteiger partial charge in [0.2, 0.25) is 0 Å². The summed E-state index contributed by atoms with van der Waals surface area (Å²) < 4.78 is 1.76. The van der Waals surface area contributed by atoms with Crippen LogP contribution in [0.15, 0.2) is 51.5 Å². The Morgan fingerprint density at radius 1 is 1.20 bits per heavy atom. The fourth-order valence-corrected chi connectivity index (χ4v) is 3.17. The summed E-state index contributed by atoms with van der Waals surface area (Å²) >= 11 is 6.81. The highest BCUT2D eigenvalue weighted by Crippen LogP contribution is 2.21. The summed E-state index contributed by atoms with van der Waals surface area (Å²) in [4.78, 5) is 18.6. The number of carbonyl (C=O) groups excluding carboxylic acids is 1. The van der Waals surface area contributed by atoms with E-state index in [9.17, 15) is 4.79 Å². The van der Waals surface area contributed by atoms with Crippen molar-refractivity contribution >= 4 is 37.8 Å². The minimum Gasteiger partial charge on any atom is -0.333 e. The zero-order valence-corrected chi connectivity index (χ0v) is 14.2. The van der Waals surface area contributed by atoms with Crippen molar-refractivity contribution in [3.63, 3.8) is 0 Å². The number of nitrogens with zero attached hydrogens (tertiary/aromatic N) is 2. The predicted octanol–water partition coefficient (Wildman–Crippen LogP) is 4.27. The molecule has 0 atom stereocenters. The molecule has 0 N–H and O–H groups in total. The quantitative estimate of drug-likeness (QED) is 0.771. The normalized spacial score (nSPS) is 10.3. The third-order valence-corrected chi connectivity index (χ3v) is 3.77. The van der Waals surface area contributed by atoms with Crippen molar-refractivity contribution < 1.29 is 4.79 Å². The van der Waals surface area contributed by atoms with Crippen molar-refractivity contribution in [3.05, 3.63) is 62.8 Å². The highest BCUT2D eigenvalue weighted by molar-refractivity contribution is 9.11. The van der Waals surface area contributed by atoms with Crippen LogP contribution in [0.5, 0.6) is 0 Å². The van der Waals surface area contributed by atoms with Gasteiger partial charge in [0.25, 0.3) is 5.91 Å². The van der Waals surface area contributed by atoms with Crippen molar-refractivity contribution in [2.75, 3.05) is 6.54 Å². The van der Waals surface area contributed by atoms with Crippen LogP contribution in [0.2, 0.25) is 0 Å². The Morgan fingerprint density at radius 3 is 2.45 bits per heavy atom. The fraction of sp³-hybridized carbons (Fsp3) is 0.200. The zero-order chi connectivity index (χ0) is 14.5. The number of rotatable bonds is 4. The molecule has 5 heteroatoms. The zero-order valence-electron chi connectivity index (χ0n) is 11.0. The lowest BCUT2D eigenvalue weighted by molar-refractivity contribution is 0.0750. The molecule has 2 aromatic rings. The summed E-state index contributed by atoms with van der Waals surface area (Å²) in [5, 5.41) is 0. The average molecular weight is 398 g/mol. The molecule has 1 heterocycles. The van der Waals surface area contributed by atoms with E-state index >= 15 is 0 Å². The Morgan fingerprint density at radius 2 is 1.90 bits per heavy atom. The first-order valence-corrected chi connectivity index (χ1v) is 7.84. The number of halogens is 2.